The van der Waals surface area contributed by atoms with Gasteiger partial charge in [0.05, 0.1) is 6.54 Å². The summed E-state index contributed by atoms with van der Waals surface area (Å²) >= 11 is 0. The smallest absolute Gasteiger partial charge is 0.289 e. The first-order valence-electron chi connectivity index (χ1n) is 11.2. The van der Waals surface area contributed by atoms with Crippen molar-refractivity contribution >= 4 is 17.5 Å². The number of rotatable bonds is 7. The van der Waals surface area contributed by atoms with Crippen LogP contribution in [0.15, 0.2) is 59.0 Å². The molecule has 1 fully saturated rings. The summed E-state index contributed by atoms with van der Waals surface area (Å²) in [6, 6.07) is 15.0. The lowest BCUT2D eigenvalue weighted by atomic mass is 10.1. The summed E-state index contributed by atoms with van der Waals surface area (Å²) in [6.45, 7) is 6.60. The average molecular weight is 466 g/mol. The lowest BCUT2D eigenvalue weighted by molar-refractivity contribution is -0.117. The Morgan fingerprint density at radius 2 is 1.65 bits per heavy atom. The molecule has 8 heteroatoms. The summed E-state index contributed by atoms with van der Waals surface area (Å²) in [7, 11) is 0. The maximum Gasteiger partial charge on any atom is 0.289 e. The van der Waals surface area contributed by atoms with Crippen LogP contribution in [-0.4, -0.2) is 54.3 Å². The monoisotopic (exact) mass is 465 g/mol. The van der Waals surface area contributed by atoms with Gasteiger partial charge in [0, 0.05) is 31.9 Å². The van der Waals surface area contributed by atoms with Gasteiger partial charge in [-0.05, 0) is 61.4 Å². The van der Waals surface area contributed by atoms with Crippen LogP contribution in [0.4, 0.5) is 10.1 Å². The highest BCUT2D eigenvalue weighted by atomic mass is 19.1. The first-order valence-corrected chi connectivity index (χ1v) is 11.2. The van der Waals surface area contributed by atoms with Crippen molar-refractivity contribution in [3.8, 4) is 5.75 Å². The second-order valence-electron chi connectivity index (χ2n) is 8.39. The third kappa shape index (κ3) is 5.82. The van der Waals surface area contributed by atoms with Crippen LogP contribution in [0.3, 0.4) is 0 Å². The van der Waals surface area contributed by atoms with Gasteiger partial charge in [-0.15, -0.1) is 0 Å². The van der Waals surface area contributed by atoms with Gasteiger partial charge in [-0.25, -0.2) is 4.39 Å². The number of hydrogen-bond donors (Lipinski definition) is 1. The Kier molecular flexibility index (Phi) is 7.27. The van der Waals surface area contributed by atoms with Gasteiger partial charge in [-0.3, -0.25) is 14.5 Å². The molecule has 2 heterocycles. The number of furan rings is 1. The molecule has 0 aliphatic carbocycles. The van der Waals surface area contributed by atoms with E-state index < -0.39 is 0 Å². The zero-order valence-electron chi connectivity index (χ0n) is 19.3. The Balaban J connectivity index is 1.24. The van der Waals surface area contributed by atoms with Gasteiger partial charge in [0.2, 0.25) is 5.91 Å². The minimum Gasteiger partial charge on any atom is -0.486 e. The first-order chi connectivity index (χ1) is 16.4. The first kappa shape index (κ1) is 23.5. The number of anilines is 1. The number of nitrogens with one attached hydrogen (secondary N) is 1. The number of amides is 2. The molecule has 1 aromatic heterocycles. The third-order valence-corrected chi connectivity index (χ3v) is 5.84. The third-order valence-electron chi connectivity index (χ3n) is 5.84. The van der Waals surface area contributed by atoms with Crippen molar-refractivity contribution in [3.63, 3.8) is 0 Å². The van der Waals surface area contributed by atoms with E-state index in [0.717, 1.165) is 16.8 Å². The van der Waals surface area contributed by atoms with E-state index >= 15 is 0 Å². The summed E-state index contributed by atoms with van der Waals surface area (Å²) in [5.41, 5.74) is 2.92. The second kappa shape index (κ2) is 10.5. The number of benzene rings is 2. The summed E-state index contributed by atoms with van der Waals surface area (Å²) in [6.07, 6.45) is 0. The molecule has 3 aromatic rings. The van der Waals surface area contributed by atoms with Crippen molar-refractivity contribution < 1.29 is 23.1 Å². The van der Waals surface area contributed by atoms with Gasteiger partial charge in [0.1, 0.15) is 23.9 Å². The highest BCUT2D eigenvalue weighted by molar-refractivity contribution is 5.94. The molecule has 0 unspecified atom stereocenters. The van der Waals surface area contributed by atoms with E-state index in [2.05, 4.69) is 5.32 Å². The molecule has 4 rings (SSSR count). The van der Waals surface area contributed by atoms with Crippen molar-refractivity contribution in [3.05, 3.63) is 83.1 Å². The summed E-state index contributed by atoms with van der Waals surface area (Å²) in [5, 5.41) is 3.01. The van der Waals surface area contributed by atoms with Gasteiger partial charge in [0.25, 0.3) is 5.91 Å². The van der Waals surface area contributed by atoms with Crippen molar-refractivity contribution in [2.24, 2.45) is 0 Å². The van der Waals surface area contributed by atoms with Gasteiger partial charge in [-0.2, -0.15) is 0 Å². The predicted molar refractivity (Wildman–Crippen MR) is 126 cm³/mol. The molecular weight excluding hydrogens is 437 g/mol. The topological polar surface area (TPSA) is 75.0 Å². The maximum atomic E-state index is 13.0. The largest absolute Gasteiger partial charge is 0.486 e. The SMILES string of the molecule is Cc1cccc(C)c1NC(=O)CN1CCN(C(=O)c2ccc(COc3ccc(F)cc3)o2)CC1. The van der Waals surface area contributed by atoms with Crippen LogP contribution in [0.1, 0.15) is 27.4 Å². The van der Waals surface area contributed by atoms with E-state index in [1.807, 2.05) is 36.9 Å². The van der Waals surface area contributed by atoms with Crippen molar-refractivity contribution in [1.82, 2.24) is 9.80 Å². The number of para-hydroxylation sites is 1. The van der Waals surface area contributed by atoms with Crippen molar-refractivity contribution in [2.45, 2.75) is 20.5 Å². The van der Waals surface area contributed by atoms with Crippen LogP contribution < -0.4 is 10.1 Å². The molecule has 0 bridgehead atoms. The van der Waals surface area contributed by atoms with E-state index in [9.17, 15) is 14.0 Å². The Hall–Kier alpha value is -3.65. The van der Waals surface area contributed by atoms with E-state index in [0.29, 0.717) is 37.7 Å². The fourth-order valence-electron chi connectivity index (χ4n) is 3.91. The van der Waals surface area contributed by atoms with Crippen LogP contribution in [0.2, 0.25) is 0 Å². The van der Waals surface area contributed by atoms with Crippen LogP contribution in [0.25, 0.3) is 0 Å². The van der Waals surface area contributed by atoms with Gasteiger partial charge < -0.3 is 19.4 Å². The highest BCUT2D eigenvalue weighted by Gasteiger charge is 2.25. The normalized spacial score (nSPS) is 14.1. The maximum absolute atomic E-state index is 13.0. The molecule has 2 aromatic carbocycles. The summed E-state index contributed by atoms with van der Waals surface area (Å²) in [4.78, 5) is 29.1. The van der Waals surface area contributed by atoms with E-state index in [1.54, 1.807) is 17.0 Å². The van der Waals surface area contributed by atoms with Gasteiger partial charge >= 0.3 is 0 Å². The Morgan fingerprint density at radius 1 is 0.971 bits per heavy atom. The minimum absolute atomic E-state index is 0.0611. The van der Waals surface area contributed by atoms with Gasteiger partial charge in [0.15, 0.2) is 5.76 Å². The molecule has 1 aliphatic heterocycles. The number of halogens is 1. The summed E-state index contributed by atoms with van der Waals surface area (Å²) in [5.74, 6) is 0.693. The van der Waals surface area contributed by atoms with Crippen LogP contribution in [-0.2, 0) is 11.4 Å². The number of carbonyl (C=O) groups is 2. The molecule has 1 saturated heterocycles. The molecule has 0 radical (unpaired) electrons. The van der Waals surface area contributed by atoms with E-state index in [4.69, 9.17) is 9.15 Å². The number of carbonyl (C=O) groups excluding carboxylic acids is 2. The molecular formula is C26H28FN3O4. The van der Waals surface area contributed by atoms with E-state index in [-0.39, 0.29) is 36.5 Å². The Morgan fingerprint density at radius 3 is 2.32 bits per heavy atom. The molecule has 0 spiro atoms. The minimum atomic E-state index is -0.333. The molecule has 1 aliphatic rings. The predicted octanol–water partition coefficient (Wildman–Crippen LogP) is 4.01. The molecule has 0 atom stereocenters. The molecule has 2 amide bonds. The number of nitrogens with zero attached hydrogens (tertiary/aromatic N) is 2. The quantitative estimate of drug-likeness (QED) is 0.571. The van der Waals surface area contributed by atoms with Crippen molar-refractivity contribution in [1.29, 1.82) is 0 Å². The Labute approximate surface area is 198 Å². The van der Waals surface area contributed by atoms with Crippen LogP contribution in [0.5, 0.6) is 5.75 Å². The number of piperazine rings is 1. The van der Waals surface area contributed by atoms with Crippen LogP contribution >= 0.6 is 0 Å². The fraction of sp³-hybridized carbons (Fsp3) is 0.308. The number of ether oxygens (including phenoxy) is 1. The summed E-state index contributed by atoms with van der Waals surface area (Å²) < 4.78 is 24.2. The second-order valence-corrected chi connectivity index (χ2v) is 8.39. The molecule has 1 N–H and O–H groups in total. The zero-order valence-corrected chi connectivity index (χ0v) is 19.3. The average Bonchev–Trinajstić information content (AvgIpc) is 3.30. The standard InChI is InChI=1S/C26H28FN3O4/c1-18-4-3-5-19(2)25(18)28-24(31)16-29-12-14-30(15-13-29)26(32)23-11-10-22(34-23)17-33-21-8-6-20(27)7-9-21/h3-11H,12-17H2,1-2H3,(H,28,31). The highest BCUT2D eigenvalue weighted by Crippen LogP contribution is 2.20. The fourth-order valence-corrected chi connectivity index (χ4v) is 3.91. The lowest BCUT2D eigenvalue weighted by Gasteiger charge is -2.33. The number of hydrogen-bond acceptors (Lipinski definition) is 5. The zero-order chi connectivity index (χ0) is 24.1. The Bertz CT molecular complexity index is 1130. The van der Waals surface area contributed by atoms with Crippen LogP contribution in [0, 0.1) is 19.7 Å². The number of aryl methyl sites for hydroxylation is 2. The molecule has 7 nitrogen and oxygen atoms in total. The van der Waals surface area contributed by atoms with Gasteiger partial charge in [-0.1, -0.05) is 18.2 Å². The van der Waals surface area contributed by atoms with Crippen molar-refractivity contribution in [2.75, 3.05) is 38.0 Å². The molecule has 0 saturated carbocycles. The molecule has 178 valence electrons. The molecule has 34 heavy (non-hydrogen) atoms. The lowest BCUT2D eigenvalue weighted by Crippen LogP contribution is -2.50. The van der Waals surface area contributed by atoms with E-state index in [1.165, 1.54) is 24.3 Å².